The van der Waals surface area contributed by atoms with Gasteiger partial charge < -0.3 is 19.0 Å². The van der Waals surface area contributed by atoms with E-state index in [0.717, 1.165) is 0 Å². The maximum Gasteiger partial charge on any atom is 0.336 e. The summed E-state index contributed by atoms with van der Waals surface area (Å²) >= 11 is 0. The molecule has 0 bridgehead atoms. The Morgan fingerprint density at radius 1 is 1.38 bits per heavy atom. The first-order valence-electron chi connectivity index (χ1n) is 4.59. The van der Waals surface area contributed by atoms with E-state index in [1.807, 2.05) is 0 Å². The Labute approximate surface area is 90.8 Å². The largest absolute Gasteiger partial charge is 0.504 e. The molecule has 1 N–H and O–H groups in total. The van der Waals surface area contributed by atoms with Gasteiger partial charge in [0.15, 0.2) is 18.3 Å². The van der Waals surface area contributed by atoms with E-state index >= 15 is 0 Å². The van der Waals surface area contributed by atoms with Gasteiger partial charge in [-0.15, -0.1) is 0 Å². The molecule has 0 aliphatic heterocycles. The van der Waals surface area contributed by atoms with Crippen molar-refractivity contribution in [3.8, 4) is 11.5 Å². The fourth-order valence-corrected chi connectivity index (χ4v) is 1.32. The van der Waals surface area contributed by atoms with Crippen LogP contribution in [0.25, 0.3) is 11.0 Å². The molecule has 1 aromatic carbocycles. The van der Waals surface area contributed by atoms with Crippen LogP contribution in [0.15, 0.2) is 33.5 Å². The molecule has 0 fully saturated rings. The van der Waals surface area contributed by atoms with Gasteiger partial charge in [0.05, 0.1) is 0 Å². The van der Waals surface area contributed by atoms with Crippen LogP contribution < -0.4 is 10.4 Å². The molecule has 0 atom stereocenters. The zero-order valence-corrected chi connectivity index (χ0v) is 8.60. The highest BCUT2D eigenvalue weighted by Gasteiger charge is 2.06. The molecular weight excluding hydrogens is 212 g/mol. The van der Waals surface area contributed by atoms with Gasteiger partial charge in [0.25, 0.3) is 0 Å². The summed E-state index contributed by atoms with van der Waals surface area (Å²) in [6.45, 7) is 0.0101. The zero-order valence-electron chi connectivity index (χ0n) is 8.60. The quantitative estimate of drug-likeness (QED) is 0.629. The predicted molar refractivity (Wildman–Crippen MR) is 56.7 cm³/mol. The Kier molecular flexibility index (Phi) is 2.78. The van der Waals surface area contributed by atoms with E-state index in [2.05, 4.69) is 0 Å². The van der Waals surface area contributed by atoms with Crippen molar-refractivity contribution in [2.75, 3.05) is 13.9 Å². The van der Waals surface area contributed by atoms with Crippen molar-refractivity contribution in [3.05, 3.63) is 34.7 Å². The van der Waals surface area contributed by atoms with Crippen LogP contribution in [-0.4, -0.2) is 19.0 Å². The molecule has 1 aromatic heterocycles. The lowest BCUT2D eigenvalue weighted by molar-refractivity contribution is 0.0492. The average molecular weight is 222 g/mol. The zero-order chi connectivity index (χ0) is 11.5. The van der Waals surface area contributed by atoms with Gasteiger partial charge >= 0.3 is 5.63 Å². The summed E-state index contributed by atoms with van der Waals surface area (Å²) in [5, 5.41) is 10.2. The molecule has 5 heteroatoms. The number of fused-ring (bicyclic) bond motifs is 1. The Morgan fingerprint density at radius 3 is 2.94 bits per heavy atom. The van der Waals surface area contributed by atoms with E-state index in [4.69, 9.17) is 13.9 Å². The maximum absolute atomic E-state index is 11.0. The van der Waals surface area contributed by atoms with Crippen molar-refractivity contribution >= 4 is 11.0 Å². The lowest BCUT2D eigenvalue weighted by Crippen LogP contribution is -2.00. The highest BCUT2D eigenvalue weighted by molar-refractivity contribution is 5.80. The van der Waals surface area contributed by atoms with Crippen molar-refractivity contribution in [1.82, 2.24) is 0 Å². The van der Waals surface area contributed by atoms with E-state index in [1.165, 1.54) is 25.3 Å². The molecule has 16 heavy (non-hydrogen) atoms. The van der Waals surface area contributed by atoms with Gasteiger partial charge in [0.1, 0.15) is 5.58 Å². The fourth-order valence-electron chi connectivity index (χ4n) is 1.32. The van der Waals surface area contributed by atoms with Gasteiger partial charge in [-0.2, -0.15) is 0 Å². The first kappa shape index (κ1) is 10.5. The van der Waals surface area contributed by atoms with Gasteiger partial charge in [-0.05, 0) is 12.1 Å². The smallest absolute Gasteiger partial charge is 0.336 e. The third kappa shape index (κ3) is 1.99. The molecule has 0 unspecified atom stereocenters. The highest BCUT2D eigenvalue weighted by atomic mass is 16.7. The first-order valence-corrected chi connectivity index (χ1v) is 4.59. The van der Waals surface area contributed by atoms with E-state index in [0.29, 0.717) is 11.0 Å². The normalized spacial score (nSPS) is 10.6. The SMILES string of the molecule is COCOc1cc2oc(=O)ccc2cc1O. The summed E-state index contributed by atoms with van der Waals surface area (Å²) < 4.78 is 14.8. The predicted octanol–water partition coefficient (Wildman–Crippen LogP) is 1.48. The van der Waals surface area contributed by atoms with Crippen molar-refractivity contribution < 1.29 is 19.0 Å². The molecule has 0 aliphatic rings. The molecular formula is C11H10O5. The summed E-state index contributed by atoms with van der Waals surface area (Å²) in [6.07, 6.45) is 0. The number of hydrogen-bond donors (Lipinski definition) is 1. The lowest BCUT2D eigenvalue weighted by atomic mass is 10.2. The lowest BCUT2D eigenvalue weighted by Gasteiger charge is -2.07. The minimum absolute atomic E-state index is 0.0101. The van der Waals surface area contributed by atoms with E-state index < -0.39 is 5.63 Å². The number of phenolic OH excluding ortho intramolecular Hbond substituents is 1. The molecule has 0 saturated carbocycles. The van der Waals surface area contributed by atoms with Crippen LogP contribution in [0.3, 0.4) is 0 Å². The highest BCUT2D eigenvalue weighted by Crippen LogP contribution is 2.30. The Bertz CT molecular complexity index is 558. The Hall–Kier alpha value is -2.01. The van der Waals surface area contributed by atoms with Crippen LogP contribution in [0.4, 0.5) is 0 Å². The number of rotatable bonds is 3. The van der Waals surface area contributed by atoms with Gasteiger partial charge in [-0.3, -0.25) is 0 Å². The maximum atomic E-state index is 11.0. The summed E-state index contributed by atoms with van der Waals surface area (Å²) in [5.74, 6) is 0.182. The standard InChI is InChI=1S/C11H10O5/c1-14-6-15-10-5-9-7(4-8(10)12)2-3-11(13)16-9/h2-5,12H,6H2,1H3. The second kappa shape index (κ2) is 4.24. The number of ether oxygens (including phenoxy) is 2. The van der Waals surface area contributed by atoms with Crippen LogP contribution in [0, 0.1) is 0 Å². The molecule has 0 saturated heterocycles. The first-order chi connectivity index (χ1) is 7.70. The number of aromatic hydroxyl groups is 1. The van der Waals surface area contributed by atoms with Crippen LogP contribution in [0.2, 0.25) is 0 Å². The van der Waals surface area contributed by atoms with E-state index in [9.17, 15) is 9.90 Å². The van der Waals surface area contributed by atoms with Crippen molar-refractivity contribution in [2.24, 2.45) is 0 Å². The van der Waals surface area contributed by atoms with Crippen LogP contribution in [0.1, 0.15) is 0 Å². The van der Waals surface area contributed by atoms with Crippen molar-refractivity contribution in [3.63, 3.8) is 0 Å². The molecule has 0 aliphatic carbocycles. The molecule has 84 valence electrons. The summed E-state index contributed by atoms with van der Waals surface area (Å²) in [7, 11) is 1.47. The molecule has 5 nitrogen and oxygen atoms in total. The van der Waals surface area contributed by atoms with Gasteiger partial charge in [-0.25, -0.2) is 4.79 Å². The number of hydrogen-bond acceptors (Lipinski definition) is 5. The van der Waals surface area contributed by atoms with E-state index in [-0.39, 0.29) is 18.3 Å². The van der Waals surface area contributed by atoms with Gasteiger partial charge in [0, 0.05) is 24.6 Å². The summed E-state index contributed by atoms with van der Waals surface area (Å²) in [4.78, 5) is 11.0. The molecule has 2 rings (SSSR count). The monoisotopic (exact) mass is 222 g/mol. The summed E-state index contributed by atoms with van der Waals surface area (Å²) in [5.41, 5.74) is -0.0905. The summed E-state index contributed by atoms with van der Waals surface area (Å²) in [6, 6.07) is 5.77. The van der Waals surface area contributed by atoms with Crippen LogP contribution >= 0.6 is 0 Å². The third-order valence-electron chi connectivity index (χ3n) is 2.03. The molecule has 0 radical (unpaired) electrons. The second-order valence-corrected chi connectivity index (χ2v) is 3.16. The minimum atomic E-state index is -0.448. The van der Waals surface area contributed by atoms with Gasteiger partial charge in [0.2, 0.25) is 0 Å². The van der Waals surface area contributed by atoms with Crippen LogP contribution in [-0.2, 0) is 4.74 Å². The number of benzene rings is 1. The fraction of sp³-hybridized carbons (Fsp3) is 0.182. The minimum Gasteiger partial charge on any atom is -0.504 e. The van der Waals surface area contributed by atoms with Gasteiger partial charge in [-0.1, -0.05) is 0 Å². The third-order valence-corrected chi connectivity index (χ3v) is 2.03. The molecule has 1 heterocycles. The molecule has 0 amide bonds. The van der Waals surface area contributed by atoms with E-state index in [1.54, 1.807) is 6.07 Å². The molecule has 0 spiro atoms. The number of methoxy groups -OCH3 is 1. The van der Waals surface area contributed by atoms with Crippen molar-refractivity contribution in [1.29, 1.82) is 0 Å². The molecule has 2 aromatic rings. The van der Waals surface area contributed by atoms with Crippen molar-refractivity contribution in [2.45, 2.75) is 0 Å². The number of phenols is 1. The Balaban J connectivity index is 2.51. The Morgan fingerprint density at radius 2 is 2.19 bits per heavy atom. The second-order valence-electron chi connectivity index (χ2n) is 3.16. The average Bonchev–Trinajstić information content (AvgIpc) is 2.27. The topological polar surface area (TPSA) is 68.9 Å². The van der Waals surface area contributed by atoms with Crippen LogP contribution in [0.5, 0.6) is 11.5 Å².